The summed E-state index contributed by atoms with van der Waals surface area (Å²) in [4.78, 5) is 13.9. The molecule has 0 saturated heterocycles. The molecule has 0 bridgehead atoms. The lowest BCUT2D eigenvalue weighted by Crippen LogP contribution is -2.22. The predicted molar refractivity (Wildman–Crippen MR) is 53.3 cm³/mol. The highest BCUT2D eigenvalue weighted by molar-refractivity contribution is 5.23. The molecule has 0 amide bonds. The van der Waals surface area contributed by atoms with E-state index < -0.39 is 0 Å². The van der Waals surface area contributed by atoms with Crippen LogP contribution in [0.3, 0.4) is 0 Å². The minimum atomic E-state index is -0.166. The Kier molecular flexibility index (Phi) is 2.47. The number of rotatable bonds is 2. The first-order chi connectivity index (χ1) is 6.75. The summed E-state index contributed by atoms with van der Waals surface area (Å²) in [5.74, 6) is 0.493. The maximum absolute atomic E-state index is 11.2. The Morgan fingerprint density at radius 3 is 2.71 bits per heavy atom. The summed E-state index contributed by atoms with van der Waals surface area (Å²) >= 11 is 0. The molecule has 1 fully saturated rings. The number of aromatic nitrogens is 3. The third-order valence-electron chi connectivity index (χ3n) is 2.56. The molecule has 0 atom stereocenters. The van der Waals surface area contributed by atoms with E-state index >= 15 is 0 Å². The summed E-state index contributed by atoms with van der Waals surface area (Å²) in [6.07, 6.45) is 4.80. The molecule has 14 heavy (non-hydrogen) atoms. The molecule has 76 valence electrons. The maximum Gasteiger partial charge on any atom is 0.273 e. The zero-order chi connectivity index (χ0) is 9.97. The lowest BCUT2D eigenvalue weighted by molar-refractivity contribution is 0.733. The van der Waals surface area contributed by atoms with Crippen LogP contribution in [0.25, 0.3) is 0 Å². The number of nitrogens with zero attached hydrogens (tertiary/aromatic N) is 2. The van der Waals surface area contributed by atoms with Gasteiger partial charge in [-0.1, -0.05) is 12.8 Å². The molecule has 1 aliphatic carbocycles. The molecule has 0 unspecified atom stereocenters. The fourth-order valence-corrected chi connectivity index (χ4v) is 1.72. The molecule has 1 aromatic rings. The van der Waals surface area contributed by atoms with Gasteiger partial charge in [-0.2, -0.15) is 0 Å². The van der Waals surface area contributed by atoms with Crippen molar-refractivity contribution in [3.8, 4) is 0 Å². The van der Waals surface area contributed by atoms with Crippen molar-refractivity contribution in [3.63, 3.8) is 0 Å². The van der Waals surface area contributed by atoms with Crippen LogP contribution in [0.15, 0.2) is 4.79 Å². The topological polar surface area (TPSA) is 70.7 Å². The lowest BCUT2D eigenvalue weighted by Gasteiger charge is -2.10. The SMILES string of the molecule is Cc1nnc(NC2CCCC2)[nH]c1=O. The van der Waals surface area contributed by atoms with Gasteiger partial charge in [-0.25, -0.2) is 0 Å². The first-order valence-corrected chi connectivity index (χ1v) is 4.96. The second kappa shape index (κ2) is 3.77. The number of anilines is 1. The summed E-state index contributed by atoms with van der Waals surface area (Å²) in [5, 5.41) is 10.8. The molecular formula is C9H14N4O. The molecule has 5 nitrogen and oxygen atoms in total. The molecule has 0 aromatic carbocycles. The summed E-state index contributed by atoms with van der Waals surface area (Å²) in [6, 6.07) is 0.447. The summed E-state index contributed by atoms with van der Waals surface area (Å²) < 4.78 is 0. The molecule has 1 heterocycles. The van der Waals surface area contributed by atoms with E-state index in [0.29, 0.717) is 17.7 Å². The number of nitrogens with one attached hydrogen (secondary N) is 2. The van der Waals surface area contributed by atoms with Crippen molar-refractivity contribution in [2.75, 3.05) is 5.32 Å². The summed E-state index contributed by atoms with van der Waals surface area (Å²) in [6.45, 7) is 1.64. The van der Waals surface area contributed by atoms with Gasteiger partial charge in [0.05, 0.1) is 0 Å². The van der Waals surface area contributed by atoms with Crippen LogP contribution in [-0.4, -0.2) is 21.2 Å². The van der Waals surface area contributed by atoms with Crippen molar-refractivity contribution < 1.29 is 0 Å². The van der Waals surface area contributed by atoms with Gasteiger partial charge in [0.15, 0.2) is 0 Å². The predicted octanol–water partition coefficient (Wildman–Crippen LogP) is 0.828. The second-order valence-electron chi connectivity index (χ2n) is 3.71. The fraction of sp³-hybridized carbons (Fsp3) is 0.667. The van der Waals surface area contributed by atoms with Gasteiger partial charge in [-0.05, 0) is 19.8 Å². The fourth-order valence-electron chi connectivity index (χ4n) is 1.72. The minimum absolute atomic E-state index is 0.166. The van der Waals surface area contributed by atoms with Crippen molar-refractivity contribution in [1.29, 1.82) is 0 Å². The van der Waals surface area contributed by atoms with E-state index in [1.54, 1.807) is 6.92 Å². The van der Waals surface area contributed by atoms with E-state index in [9.17, 15) is 4.79 Å². The van der Waals surface area contributed by atoms with Gasteiger partial charge >= 0.3 is 0 Å². The van der Waals surface area contributed by atoms with Crippen LogP contribution in [0.2, 0.25) is 0 Å². The molecule has 0 aliphatic heterocycles. The number of H-pyrrole nitrogens is 1. The highest BCUT2D eigenvalue weighted by Gasteiger charge is 2.15. The van der Waals surface area contributed by atoms with Crippen LogP contribution in [0.1, 0.15) is 31.4 Å². The van der Waals surface area contributed by atoms with Crippen LogP contribution in [-0.2, 0) is 0 Å². The average Bonchev–Trinajstić information content (AvgIpc) is 2.64. The minimum Gasteiger partial charge on any atom is -0.352 e. The number of hydrogen-bond acceptors (Lipinski definition) is 4. The van der Waals surface area contributed by atoms with Gasteiger partial charge in [-0.3, -0.25) is 9.78 Å². The number of aromatic amines is 1. The molecule has 1 saturated carbocycles. The third-order valence-corrected chi connectivity index (χ3v) is 2.56. The van der Waals surface area contributed by atoms with E-state index in [1.165, 1.54) is 12.8 Å². The van der Waals surface area contributed by atoms with Crippen molar-refractivity contribution in [3.05, 3.63) is 16.0 Å². The smallest absolute Gasteiger partial charge is 0.273 e. The first-order valence-electron chi connectivity index (χ1n) is 4.96. The maximum atomic E-state index is 11.2. The van der Waals surface area contributed by atoms with Gasteiger partial charge in [0.2, 0.25) is 5.95 Å². The van der Waals surface area contributed by atoms with E-state index in [4.69, 9.17) is 0 Å². The monoisotopic (exact) mass is 194 g/mol. The summed E-state index contributed by atoms with van der Waals surface area (Å²) in [7, 11) is 0. The van der Waals surface area contributed by atoms with E-state index in [1.807, 2.05) is 0 Å². The largest absolute Gasteiger partial charge is 0.352 e. The number of aryl methyl sites for hydroxylation is 1. The molecule has 0 radical (unpaired) electrons. The van der Waals surface area contributed by atoms with Gasteiger partial charge in [-0.15, -0.1) is 10.2 Å². The van der Waals surface area contributed by atoms with Crippen LogP contribution < -0.4 is 10.9 Å². The highest BCUT2D eigenvalue weighted by atomic mass is 16.1. The third kappa shape index (κ3) is 1.92. The molecular weight excluding hydrogens is 180 g/mol. The molecule has 0 spiro atoms. The zero-order valence-corrected chi connectivity index (χ0v) is 8.21. The highest BCUT2D eigenvalue weighted by Crippen LogP contribution is 2.19. The molecule has 5 heteroatoms. The Balaban J connectivity index is 2.09. The lowest BCUT2D eigenvalue weighted by atomic mass is 10.3. The quantitative estimate of drug-likeness (QED) is 0.731. The molecule has 2 rings (SSSR count). The van der Waals surface area contributed by atoms with Gasteiger partial charge in [0, 0.05) is 6.04 Å². The Labute approximate surface area is 82.0 Å². The molecule has 1 aromatic heterocycles. The van der Waals surface area contributed by atoms with Gasteiger partial charge in [0.25, 0.3) is 5.56 Å². The van der Waals surface area contributed by atoms with Crippen molar-refractivity contribution in [1.82, 2.24) is 15.2 Å². The second-order valence-corrected chi connectivity index (χ2v) is 3.71. The Morgan fingerprint density at radius 1 is 1.36 bits per heavy atom. The average molecular weight is 194 g/mol. The van der Waals surface area contributed by atoms with Crippen molar-refractivity contribution in [2.24, 2.45) is 0 Å². The Bertz CT molecular complexity index is 367. The first kappa shape index (κ1) is 9.18. The van der Waals surface area contributed by atoms with Crippen molar-refractivity contribution >= 4 is 5.95 Å². The zero-order valence-electron chi connectivity index (χ0n) is 8.21. The van der Waals surface area contributed by atoms with Crippen LogP contribution >= 0.6 is 0 Å². The van der Waals surface area contributed by atoms with E-state index in [0.717, 1.165) is 12.8 Å². The van der Waals surface area contributed by atoms with Crippen LogP contribution in [0.4, 0.5) is 5.95 Å². The molecule has 2 N–H and O–H groups in total. The standard InChI is InChI=1S/C9H14N4O/c1-6-8(14)11-9(13-12-6)10-7-4-2-3-5-7/h7H,2-5H2,1H3,(H2,10,11,13,14). The Morgan fingerprint density at radius 2 is 2.07 bits per heavy atom. The van der Waals surface area contributed by atoms with Gasteiger partial charge in [0.1, 0.15) is 5.69 Å². The van der Waals surface area contributed by atoms with Crippen LogP contribution in [0.5, 0.6) is 0 Å². The summed E-state index contributed by atoms with van der Waals surface area (Å²) in [5.41, 5.74) is 0.238. The van der Waals surface area contributed by atoms with Crippen molar-refractivity contribution in [2.45, 2.75) is 38.6 Å². The van der Waals surface area contributed by atoms with Crippen LogP contribution in [0, 0.1) is 6.92 Å². The Hall–Kier alpha value is -1.39. The number of hydrogen-bond donors (Lipinski definition) is 2. The van der Waals surface area contributed by atoms with E-state index in [2.05, 4.69) is 20.5 Å². The molecule has 1 aliphatic rings. The normalized spacial score (nSPS) is 17.2. The van der Waals surface area contributed by atoms with E-state index in [-0.39, 0.29) is 5.56 Å². The van der Waals surface area contributed by atoms with Gasteiger partial charge < -0.3 is 5.32 Å².